The number of carbonyl (C=O) groups is 2. The normalized spacial score (nSPS) is 17.6. The van der Waals surface area contributed by atoms with E-state index in [2.05, 4.69) is 0 Å². The summed E-state index contributed by atoms with van der Waals surface area (Å²) in [7, 11) is -4.06. The van der Waals surface area contributed by atoms with Crippen molar-refractivity contribution < 1.29 is 27.1 Å². The second-order valence-corrected chi connectivity index (χ2v) is 9.93. The summed E-state index contributed by atoms with van der Waals surface area (Å²) in [6, 6.07) is 10.6. The monoisotopic (exact) mass is 460 g/mol. The lowest BCUT2D eigenvalue weighted by Gasteiger charge is -2.26. The number of benzene rings is 2. The zero-order chi connectivity index (χ0) is 22.9. The van der Waals surface area contributed by atoms with Crippen molar-refractivity contribution in [2.75, 3.05) is 24.5 Å². The number of halogens is 1. The Kier molecular flexibility index (Phi) is 6.30. The molecule has 2 heterocycles. The van der Waals surface area contributed by atoms with Crippen LogP contribution in [-0.4, -0.2) is 50.3 Å². The summed E-state index contributed by atoms with van der Waals surface area (Å²) in [5, 5.41) is 0. The number of sulfonamides is 1. The molecule has 1 amide bonds. The number of amides is 1. The van der Waals surface area contributed by atoms with Crippen LogP contribution in [0.3, 0.4) is 0 Å². The molecule has 4 rings (SSSR count). The van der Waals surface area contributed by atoms with E-state index in [1.54, 1.807) is 4.90 Å². The van der Waals surface area contributed by atoms with Gasteiger partial charge in [0.2, 0.25) is 10.0 Å². The van der Waals surface area contributed by atoms with Gasteiger partial charge in [-0.2, -0.15) is 4.31 Å². The minimum absolute atomic E-state index is 0.122. The zero-order valence-electron chi connectivity index (χ0n) is 17.8. The molecular weight excluding hydrogens is 435 g/mol. The van der Waals surface area contributed by atoms with Gasteiger partial charge in [-0.05, 0) is 56.0 Å². The van der Waals surface area contributed by atoms with Crippen LogP contribution in [0, 0.1) is 5.82 Å². The molecule has 2 aliphatic rings. The van der Waals surface area contributed by atoms with E-state index in [4.69, 9.17) is 4.74 Å². The first kappa shape index (κ1) is 22.4. The van der Waals surface area contributed by atoms with Gasteiger partial charge in [0.1, 0.15) is 10.7 Å². The minimum Gasteiger partial charge on any atom is -0.449 e. The predicted molar refractivity (Wildman–Crippen MR) is 116 cm³/mol. The Balaban J connectivity index is 1.50. The molecule has 1 saturated heterocycles. The number of nitrogens with zero attached hydrogens (tertiary/aromatic N) is 2. The number of rotatable bonds is 5. The van der Waals surface area contributed by atoms with Gasteiger partial charge >= 0.3 is 5.97 Å². The van der Waals surface area contributed by atoms with E-state index < -0.39 is 32.8 Å². The lowest BCUT2D eigenvalue weighted by Crippen LogP contribution is -2.39. The smallest absolute Gasteiger partial charge is 0.338 e. The van der Waals surface area contributed by atoms with E-state index in [0.29, 0.717) is 32.5 Å². The van der Waals surface area contributed by atoms with Crippen molar-refractivity contribution in [1.29, 1.82) is 0 Å². The second-order valence-electron chi connectivity index (χ2n) is 8.03. The molecular formula is C23H25FN2O5S. The maximum atomic E-state index is 14.4. The Morgan fingerprint density at radius 2 is 1.75 bits per heavy atom. The van der Waals surface area contributed by atoms with Crippen LogP contribution in [0.5, 0.6) is 0 Å². The summed E-state index contributed by atoms with van der Waals surface area (Å²) >= 11 is 0. The molecule has 2 aromatic carbocycles. The third-order valence-corrected chi connectivity index (χ3v) is 7.80. The molecule has 2 aromatic rings. The number of fused-ring (bicyclic) bond motifs is 1. The van der Waals surface area contributed by atoms with Gasteiger partial charge in [-0.3, -0.25) is 4.79 Å². The van der Waals surface area contributed by atoms with Crippen molar-refractivity contribution in [1.82, 2.24) is 4.31 Å². The van der Waals surface area contributed by atoms with Crippen molar-refractivity contribution >= 4 is 27.6 Å². The molecule has 1 atom stereocenters. The first-order valence-corrected chi connectivity index (χ1v) is 12.1. The number of anilines is 1. The van der Waals surface area contributed by atoms with Crippen LogP contribution in [0.4, 0.5) is 10.1 Å². The second kappa shape index (κ2) is 8.99. The number of piperidine rings is 1. The van der Waals surface area contributed by atoms with Gasteiger partial charge in [0, 0.05) is 25.3 Å². The fraction of sp³-hybridized carbons (Fsp3) is 0.391. The first-order valence-electron chi connectivity index (χ1n) is 10.7. The summed E-state index contributed by atoms with van der Waals surface area (Å²) in [5.41, 5.74) is 1.71. The Labute approximate surface area is 186 Å². The number of hydrogen-bond donors (Lipinski definition) is 0. The molecule has 0 aromatic heterocycles. The third-order valence-electron chi connectivity index (χ3n) is 5.88. The standard InChI is InChI=1S/C23H25FN2O5S/c1-16(22(27)26-14-11-17-7-3-4-8-20(17)26)31-23(28)18-9-10-19(24)21(15-18)32(29,30)25-12-5-2-6-13-25/h3-4,7-10,15-16H,2,5-6,11-14H2,1H3. The molecule has 0 bridgehead atoms. The molecule has 7 nitrogen and oxygen atoms in total. The maximum absolute atomic E-state index is 14.4. The van der Waals surface area contributed by atoms with Crippen LogP contribution in [0.2, 0.25) is 0 Å². The molecule has 32 heavy (non-hydrogen) atoms. The Morgan fingerprint density at radius 1 is 1.03 bits per heavy atom. The largest absolute Gasteiger partial charge is 0.449 e. The van der Waals surface area contributed by atoms with Crippen molar-refractivity contribution in [3.05, 3.63) is 59.4 Å². The van der Waals surface area contributed by atoms with E-state index in [1.807, 2.05) is 24.3 Å². The zero-order valence-corrected chi connectivity index (χ0v) is 18.6. The highest BCUT2D eigenvalue weighted by molar-refractivity contribution is 7.89. The van der Waals surface area contributed by atoms with E-state index in [0.717, 1.165) is 42.3 Å². The number of hydrogen-bond acceptors (Lipinski definition) is 5. The number of esters is 1. The Bertz CT molecular complexity index is 1140. The van der Waals surface area contributed by atoms with Crippen molar-refractivity contribution in [2.45, 2.75) is 43.6 Å². The number of ether oxygens (including phenoxy) is 1. The minimum atomic E-state index is -4.06. The average Bonchev–Trinajstić information content (AvgIpc) is 3.23. The molecule has 1 unspecified atom stereocenters. The Morgan fingerprint density at radius 3 is 2.50 bits per heavy atom. The molecule has 2 aliphatic heterocycles. The van der Waals surface area contributed by atoms with E-state index in [-0.39, 0.29) is 11.5 Å². The van der Waals surface area contributed by atoms with E-state index in [1.165, 1.54) is 11.2 Å². The summed E-state index contributed by atoms with van der Waals surface area (Å²) in [4.78, 5) is 26.5. The van der Waals surface area contributed by atoms with Gasteiger partial charge in [-0.25, -0.2) is 17.6 Å². The molecule has 9 heteroatoms. The van der Waals surface area contributed by atoms with Crippen LogP contribution in [0.15, 0.2) is 47.4 Å². The highest BCUT2D eigenvalue weighted by atomic mass is 32.2. The molecule has 0 radical (unpaired) electrons. The number of para-hydroxylation sites is 1. The van der Waals surface area contributed by atoms with Gasteiger partial charge < -0.3 is 9.64 Å². The fourth-order valence-corrected chi connectivity index (χ4v) is 5.75. The van der Waals surface area contributed by atoms with Gasteiger partial charge in [-0.15, -0.1) is 0 Å². The van der Waals surface area contributed by atoms with Crippen LogP contribution >= 0.6 is 0 Å². The molecule has 0 N–H and O–H groups in total. The summed E-state index contributed by atoms with van der Waals surface area (Å²) in [5.74, 6) is -2.18. The van der Waals surface area contributed by atoms with Crippen LogP contribution in [0.25, 0.3) is 0 Å². The first-order chi connectivity index (χ1) is 15.3. The molecule has 0 saturated carbocycles. The summed E-state index contributed by atoms with van der Waals surface area (Å²) in [6.45, 7) is 2.60. The molecule has 170 valence electrons. The molecule has 0 spiro atoms. The van der Waals surface area contributed by atoms with Crippen molar-refractivity contribution in [3.63, 3.8) is 0 Å². The maximum Gasteiger partial charge on any atom is 0.338 e. The average molecular weight is 461 g/mol. The predicted octanol–water partition coefficient (Wildman–Crippen LogP) is 3.13. The summed E-state index contributed by atoms with van der Waals surface area (Å²) < 4.78 is 46.7. The highest BCUT2D eigenvalue weighted by Gasteiger charge is 2.32. The van der Waals surface area contributed by atoms with E-state index >= 15 is 0 Å². The van der Waals surface area contributed by atoms with Gasteiger partial charge in [0.15, 0.2) is 6.10 Å². The highest BCUT2D eigenvalue weighted by Crippen LogP contribution is 2.29. The fourth-order valence-electron chi connectivity index (χ4n) is 4.14. The SMILES string of the molecule is CC(OC(=O)c1ccc(F)c(S(=O)(=O)N2CCCCC2)c1)C(=O)N1CCc2ccccc21. The number of carbonyl (C=O) groups excluding carboxylic acids is 2. The molecule has 1 fully saturated rings. The lowest BCUT2D eigenvalue weighted by atomic mass is 10.2. The van der Waals surface area contributed by atoms with Gasteiger partial charge in [0.25, 0.3) is 5.91 Å². The van der Waals surface area contributed by atoms with Crippen LogP contribution in [-0.2, 0) is 26.0 Å². The van der Waals surface area contributed by atoms with Crippen LogP contribution < -0.4 is 4.90 Å². The topological polar surface area (TPSA) is 84.0 Å². The Hall–Kier alpha value is -2.78. The van der Waals surface area contributed by atoms with Crippen molar-refractivity contribution in [3.8, 4) is 0 Å². The third kappa shape index (κ3) is 4.27. The summed E-state index contributed by atoms with van der Waals surface area (Å²) in [6.07, 6.45) is 1.98. The van der Waals surface area contributed by atoms with Gasteiger partial charge in [0.05, 0.1) is 5.56 Å². The lowest BCUT2D eigenvalue weighted by molar-refractivity contribution is -0.126. The van der Waals surface area contributed by atoms with Gasteiger partial charge in [-0.1, -0.05) is 24.6 Å². The van der Waals surface area contributed by atoms with Crippen molar-refractivity contribution in [2.24, 2.45) is 0 Å². The quantitative estimate of drug-likeness (QED) is 0.640. The molecule has 0 aliphatic carbocycles. The van der Waals surface area contributed by atoms with Crippen LogP contribution in [0.1, 0.15) is 42.1 Å². The van der Waals surface area contributed by atoms with E-state index in [9.17, 15) is 22.4 Å².